The standard InChI is InChI=1S/C24H33N3O4/c1-16-12-26(13-17(2)31-16)14-19-8-4-3-7-18(19)11-25-22(28)15-27-23(29)20-9-5-6-10-21(20)24(27)30/h3-4,7-8,16-17,20-21H,5-6,9-15H2,1-2H3,(H,25,28). The maximum Gasteiger partial charge on any atom is 0.240 e. The largest absolute Gasteiger partial charge is 0.373 e. The summed E-state index contributed by atoms with van der Waals surface area (Å²) in [5, 5.41) is 2.92. The van der Waals surface area contributed by atoms with E-state index < -0.39 is 0 Å². The number of carbonyl (C=O) groups excluding carboxylic acids is 3. The van der Waals surface area contributed by atoms with Gasteiger partial charge in [0.15, 0.2) is 0 Å². The molecule has 4 rings (SSSR count). The van der Waals surface area contributed by atoms with Crippen LogP contribution in [0.1, 0.15) is 50.7 Å². The van der Waals surface area contributed by atoms with Crippen molar-refractivity contribution in [3.05, 3.63) is 35.4 Å². The van der Waals surface area contributed by atoms with E-state index in [9.17, 15) is 14.4 Å². The second-order valence-electron chi connectivity index (χ2n) is 9.26. The number of nitrogens with zero attached hydrogens (tertiary/aromatic N) is 2. The van der Waals surface area contributed by atoms with Crippen LogP contribution in [0.15, 0.2) is 24.3 Å². The third-order valence-electron chi connectivity index (χ3n) is 6.72. The van der Waals surface area contributed by atoms with Gasteiger partial charge in [0.25, 0.3) is 0 Å². The van der Waals surface area contributed by atoms with Gasteiger partial charge in [0.1, 0.15) is 6.54 Å². The number of fused-ring (bicyclic) bond motifs is 1. The van der Waals surface area contributed by atoms with Crippen molar-refractivity contribution in [2.45, 2.75) is 64.8 Å². The van der Waals surface area contributed by atoms with Crippen molar-refractivity contribution in [3.8, 4) is 0 Å². The average Bonchev–Trinajstić information content (AvgIpc) is 2.97. The highest BCUT2D eigenvalue weighted by Gasteiger charge is 2.48. The van der Waals surface area contributed by atoms with Gasteiger partial charge in [0, 0.05) is 26.2 Å². The molecule has 0 spiro atoms. The fourth-order valence-corrected chi connectivity index (χ4v) is 5.32. The van der Waals surface area contributed by atoms with Gasteiger partial charge in [-0.25, -0.2) is 0 Å². The molecule has 7 nitrogen and oxygen atoms in total. The molecule has 3 amide bonds. The number of likely N-dealkylation sites (tertiary alicyclic amines) is 1. The van der Waals surface area contributed by atoms with E-state index in [1.54, 1.807) is 0 Å². The molecule has 7 heteroatoms. The molecule has 2 aliphatic heterocycles. The Morgan fingerprint density at radius 1 is 1.00 bits per heavy atom. The molecule has 4 unspecified atom stereocenters. The molecule has 168 valence electrons. The second-order valence-corrected chi connectivity index (χ2v) is 9.26. The van der Waals surface area contributed by atoms with E-state index in [-0.39, 0.29) is 48.3 Å². The first-order valence-electron chi connectivity index (χ1n) is 11.5. The summed E-state index contributed by atoms with van der Waals surface area (Å²) in [6.45, 7) is 6.95. The summed E-state index contributed by atoms with van der Waals surface area (Å²) in [4.78, 5) is 41.3. The molecule has 0 bridgehead atoms. The first-order valence-corrected chi connectivity index (χ1v) is 11.5. The zero-order valence-corrected chi connectivity index (χ0v) is 18.5. The lowest BCUT2D eigenvalue weighted by Gasteiger charge is -2.35. The molecule has 4 atom stereocenters. The van der Waals surface area contributed by atoms with Gasteiger partial charge in [-0.05, 0) is 37.8 Å². The lowest BCUT2D eigenvalue weighted by atomic mass is 9.81. The Morgan fingerprint density at radius 2 is 1.58 bits per heavy atom. The fourth-order valence-electron chi connectivity index (χ4n) is 5.32. The number of benzene rings is 1. The minimum atomic E-state index is -0.288. The Hall–Kier alpha value is -2.25. The van der Waals surface area contributed by atoms with Crippen LogP contribution in [0.5, 0.6) is 0 Å². The van der Waals surface area contributed by atoms with Gasteiger partial charge < -0.3 is 10.1 Å². The van der Waals surface area contributed by atoms with Crippen LogP contribution in [-0.2, 0) is 32.2 Å². The summed E-state index contributed by atoms with van der Waals surface area (Å²) in [5.41, 5.74) is 2.22. The van der Waals surface area contributed by atoms with Crippen LogP contribution in [0.25, 0.3) is 0 Å². The average molecular weight is 428 g/mol. The van der Waals surface area contributed by atoms with Gasteiger partial charge in [0.05, 0.1) is 24.0 Å². The highest BCUT2D eigenvalue weighted by atomic mass is 16.5. The van der Waals surface area contributed by atoms with Crippen molar-refractivity contribution in [2.24, 2.45) is 11.8 Å². The summed E-state index contributed by atoms with van der Waals surface area (Å²) >= 11 is 0. The molecule has 1 aliphatic carbocycles. The summed E-state index contributed by atoms with van der Waals surface area (Å²) in [7, 11) is 0. The van der Waals surface area contributed by atoms with Crippen LogP contribution in [-0.4, -0.2) is 59.4 Å². The van der Waals surface area contributed by atoms with Crippen LogP contribution < -0.4 is 5.32 Å². The van der Waals surface area contributed by atoms with E-state index in [4.69, 9.17) is 4.74 Å². The van der Waals surface area contributed by atoms with Crippen LogP contribution in [0.2, 0.25) is 0 Å². The van der Waals surface area contributed by atoms with E-state index in [1.165, 1.54) is 10.5 Å². The SMILES string of the molecule is CC1CN(Cc2ccccc2CNC(=O)CN2C(=O)C3CCCCC3C2=O)CC(C)O1. The van der Waals surface area contributed by atoms with E-state index in [2.05, 4.69) is 30.1 Å². The highest BCUT2D eigenvalue weighted by molar-refractivity contribution is 6.07. The molecule has 2 saturated heterocycles. The molecule has 3 aliphatic rings. The normalized spacial score (nSPS) is 29.2. The van der Waals surface area contributed by atoms with Crippen molar-refractivity contribution in [1.29, 1.82) is 0 Å². The lowest BCUT2D eigenvalue weighted by molar-refractivity contribution is -0.143. The van der Waals surface area contributed by atoms with Crippen molar-refractivity contribution >= 4 is 17.7 Å². The molecular formula is C24H33N3O4. The lowest BCUT2D eigenvalue weighted by Crippen LogP contribution is -2.45. The first kappa shape index (κ1) is 22.0. The van der Waals surface area contributed by atoms with Crippen LogP contribution in [0.3, 0.4) is 0 Å². The Kier molecular flexibility index (Phi) is 6.72. The van der Waals surface area contributed by atoms with E-state index in [0.717, 1.165) is 50.9 Å². The zero-order valence-electron chi connectivity index (χ0n) is 18.5. The first-order chi connectivity index (χ1) is 14.9. The number of ether oxygens (including phenoxy) is 1. The third-order valence-corrected chi connectivity index (χ3v) is 6.72. The number of hydrogen-bond acceptors (Lipinski definition) is 5. The number of carbonyl (C=O) groups is 3. The quantitative estimate of drug-likeness (QED) is 0.704. The summed E-state index contributed by atoms with van der Waals surface area (Å²) in [5.74, 6) is -1.05. The van der Waals surface area contributed by atoms with Crippen molar-refractivity contribution in [1.82, 2.24) is 15.1 Å². The molecule has 0 radical (unpaired) electrons. The maximum absolute atomic E-state index is 12.6. The van der Waals surface area contributed by atoms with Gasteiger partial charge in [-0.2, -0.15) is 0 Å². The van der Waals surface area contributed by atoms with E-state index in [1.807, 2.05) is 18.2 Å². The molecule has 1 aromatic rings. The minimum absolute atomic E-state index is 0.166. The van der Waals surface area contributed by atoms with Crippen molar-refractivity contribution in [2.75, 3.05) is 19.6 Å². The number of imide groups is 1. The number of morpholine rings is 1. The van der Waals surface area contributed by atoms with Gasteiger partial charge >= 0.3 is 0 Å². The second kappa shape index (κ2) is 9.49. The maximum atomic E-state index is 12.6. The molecule has 0 aromatic heterocycles. The smallest absolute Gasteiger partial charge is 0.240 e. The number of hydrogen-bond donors (Lipinski definition) is 1. The molecule has 1 N–H and O–H groups in total. The van der Waals surface area contributed by atoms with E-state index >= 15 is 0 Å². The molecular weight excluding hydrogens is 394 g/mol. The number of amides is 3. The Bertz CT molecular complexity index is 808. The summed E-state index contributed by atoms with van der Waals surface area (Å²) in [6.07, 6.45) is 3.90. The van der Waals surface area contributed by atoms with Gasteiger partial charge in [-0.3, -0.25) is 24.2 Å². The third kappa shape index (κ3) is 4.99. The van der Waals surface area contributed by atoms with Gasteiger partial charge in [0.2, 0.25) is 17.7 Å². The van der Waals surface area contributed by atoms with Crippen LogP contribution in [0, 0.1) is 11.8 Å². The zero-order chi connectivity index (χ0) is 22.0. The van der Waals surface area contributed by atoms with Gasteiger partial charge in [-0.15, -0.1) is 0 Å². The molecule has 1 aromatic carbocycles. The number of rotatable bonds is 6. The van der Waals surface area contributed by atoms with E-state index in [0.29, 0.717) is 6.54 Å². The topological polar surface area (TPSA) is 79.0 Å². The molecule has 1 saturated carbocycles. The predicted octanol–water partition coefficient (Wildman–Crippen LogP) is 2.09. The molecule has 3 fully saturated rings. The summed E-state index contributed by atoms with van der Waals surface area (Å²) in [6, 6.07) is 8.08. The Labute approximate surface area is 184 Å². The van der Waals surface area contributed by atoms with Crippen molar-refractivity contribution < 1.29 is 19.1 Å². The molecule has 31 heavy (non-hydrogen) atoms. The monoisotopic (exact) mass is 427 g/mol. The fraction of sp³-hybridized carbons (Fsp3) is 0.625. The Morgan fingerprint density at radius 3 is 2.19 bits per heavy atom. The highest BCUT2D eigenvalue weighted by Crippen LogP contribution is 2.37. The summed E-state index contributed by atoms with van der Waals surface area (Å²) < 4.78 is 5.82. The van der Waals surface area contributed by atoms with Crippen molar-refractivity contribution in [3.63, 3.8) is 0 Å². The van der Waals surface area contributed by atoms with Crippen LogP contribution in [0.4, 0.5) is 0 Å². The minimum Gasteiger partial charge on any atom is -0.373 e. The number of nitrogens with one attached hydrogen (secondary N) is 1. The predicted molar refractivity (Wildman–Crippen MR) is 116 cm³/mol. The van der Waals surface area contributed by atoms with Gasteiger partial charge in [-0.1, -0.05) is 37.1 Å². The van der Waals surface area contributed by atoms with Crippen LogP contribution >= 0.6 is 0 Å². The Balaban J connectivity index is 1.34. The molecule has 2 heterocycles.